The highest BCUT2D eigenvalue weighted by atomic mass is 32.2. The number of aryl methyl sites for hydroxylation is 1. The number of hydrogen-bond acceptors (Lipinski definition) is 11. The van der Waals surface area contributed by atoms with Gasteiger partial charge in [-0.25, -0.2) is 9.97 Å². The largest absolute Gasteiger partial charge is 0.497 e. The molecule has 2 heterocycles. The Balaban J connectivity index is 0.000000663. The minimum Gasteiger partial charge on any atom is -0.497 e. The maximum Gasteiger partial charge on any atom is 0.187 e. The molecule has 0 saturated carbocycles. The number of hydrogen-bond donors (Lipinski definition) is 4. The number of nitrogens with two attached hydrogens (primary N) is 1. The first kappa shape index (κ1) is 30.4. The number of aromatic nitrogens is 2. The van der Waals surface area contributed by atoms with E-state index in [1.165, 1.54) is 23.1 Å². The Morgan fingerprint density at radius 3 is 2.45 bits per heavy atom. The van der Waals surface area contributed by atoms with E-state index in [2.05, 4.69) is 27.4 Å². The van der Waals surface area contributed by atoms with Crippen LogP contribution in [0, 0.1) is 29.6 Å². The molecule has 5 N–H and O–H groups in total. The second-order valence-corrected chi connectivity index (χ2v) is 10.4. The quantitative estimate of drug-likeness (QED) is 0.184. The predicted molar refractivity (Wildman–Crippen MR) is 160 cm³/mol. The Kier molecular flexibility index (Phi) is 11.3. The third-order valence-electron chi connectivity index (χ3n) is 5.67. The Bertz CT molecular complexity index is 1510. The van der Waals surface area contributed by atoms with Gasteiger partial charge in [0.15, 0.2) is 5.13 Å². The summed E-state index contributed by atoms with van der Waals surface area (Å²) in [7, 11) is 1.63. The van der Waals surface area contributed by atoms with E-state index in [9.17, 15) is 10.5 Å². The lowest BCUT2D eigenvalue weighted by atomic mass is 9.96. The van der Waals surface area contributed by atoms with Gasteiger partial charge in [0.2, 0.25) is 0 Å². The van der Waals surface area contributed by atoms with Crippen LogP contribution in [-0.2, 0) is 5.75 Å². The van der Waals surface area contributed by atoms with Crippen molar-refractivity contribution in [3.63, 3.8) is 0 Å². The summed E-state index contributed by atoms with van der Waals surface area (Å²) in [6, 6.07) is 19.6. The average molecular weight is 575 g/mol. The summed E-state index contributed by atoms with van der Waals surface area (Å²) in [6.45, 7) is 3.69. The summed E-state index contributed by atoms with van der Waals surface area (Å²) >= 11 is 2.85. The Labute approximate surface area is 241 Å². The zero-order chi connectivity index (χ0) is 29.1. The van der Waals surface area contributed by atoms with Crippen LogP contribution in [0.5, 0.6) is 5.75 Å². The van der Waals surface area contributed by atoms with Gasteiger partial charge >= 0.3 is 0 Å². The molecule has 9 nitrogen and oxygen atoms in total. The van der Waals surface area contributed by atoms with E-state index in [1.807, 2.05) is 67.8 Å². The molecule has 0 amide bonds. The fourth-order valence-electron chi connectivity index (χ4n) is 3.44. The highest BCUT2D eigenvalue weighted by Gasteiger charge is 2.21. The number of nitrogens with zero attached hydrogens (tertiary/aromatic N) is 4. The molecule has 206 valence electrons. The lowest BCUT2D eigenvalue weighted by Crippen LogP contribution is -2.08. The van der Waals surface area contributed by atoms with E-state index in [4.69, 9.17) is 20.7 Å². The number of methoxy groups -OCH3 is 1. The molecule has 0 saturated heterocycles. The van der Waals surface area contributed by atoms with Crippen LogP contribution in [0.1, 0.15) is 35.7 Å². The first-order chi connectivity index (χ1) is 19.3. The van der Waals surface area contributed by atoms with Gasteiger partial charge in [-0.05, 0) is 31.0 Å². The smallest absolute Gasteiger partial charge is 0.187 e. The van der Waals surface area contributed by atoms with Gasteiger partial charge in [-0.3, -0.25) is 0 Å². The van der Waals surface area contributed by atoms with E-state index < -0.39 is 6.10 Å². The number of aliphatic hydroxyl groups excluding tert-OH is 2. The van der Waals surface area contributed by atoms with Crippen LogP contribution in [0.15, 0.2) is 58.9 Å². The molecule has 0 spiro atoms. The number of anilines is 3. The average Bonchev–Trinajstić information content (AvgIpc) is 3.43. The first-order valence-electron chi connectivity index (χ1n) is 12.3. The van der Waals surface area contributed by atoms with Crippen molar-refractivity contribution in [2.75, 3.05) is 24.8 Å². The van der Waals surface area contributed by atoms with Crippen molar-refractivity contribution in [2.24, 2.45) is 0 Å². The lowest BCUT2D eigenvalue weighted by molar-refractivity contribution is 0.0923. The zero-order valence-corrected chi connectivity index (χ0v) is 24.0. The molecule has 40 heavy (non-hydrogen) atoms. The van der Waals surface area contributed by atoms with Crippen molar-refractivity contribution >= 4 is 39.7 Å². The van der Waals surface area contributed by atoms with Crippen LogP contribution in [0.3, 0.4) is 0 Å². The lowest BCUT2D eigenvalue weighted by Gasteiger charge is -2.13. The Morgan fingerprint density at radius 1 is 1.12 bits per heavy atom. The maximum atomic E-state index is 9.95. The molecule has 11 heteroatoms. The normalized spacial score (nSPS) is 11.0. The van der Waals surface area contributed by atoms with Gasteiger partial charge in [-0.15, -0.1) is 11.3 Å². The number of nitrogen functional groups attached to an aromatic ring is 1. The van der Waals surface area contributed by atoms with Crippen molar-refractivity contribution in [3.05, 3.63) is 76.3 Å². The molecule has 1 atom stereocenters. The van der Waals surface area contributed by atoms with Crippen LogP contribution in [0.4, 0.5) is 16.6 Å². The number of nitrogens with one attached hydrogen (secondary N) is 1. The van der Waals surface area contributed by atoms with Crippen LogP contribution in [0.25, 0.3) is 11.1 Å². The number of nitriles is 2. The molecule has 0 bridgehead atoms. The number of aliphatic hydroxyl groups is 2. The predicted octanol–water partition coefficient (Wildman–Crippen LogP) is 5.63. The van der Waals surface area contributed by atoms with Crippen molar-refractivity contribution in [3.8, 4) is 29.0 Å². The molecule has 2 aromatic carbocycles. The molecule has 0 aliphatic rings. The van der Waals surface area contributed by atoms with Crippen LogP contribution in [-0.4, -0.2) is 40.0 Å². The molecule has 4 rings (SSSR count). The van der Waals surface area contributed by atoms with Crippen molar-refractivity contribution in [1.29, 1.82) is 10.5 Å². The third kappa shape index (κ3) is 7.94. The van der Waals surface area contributed by atoms with E-state index in [1.54, 1.807) is 7.11 Å². The van der Waals surface area contributed by atoms with Crippen LogP contribution < -0.4 is 15.8 Å². The third-order valence-corrected chi connectivity index (χ3v) is 7.48. The SMILES string of the molecule is CCC(O)CO.COc1cccc(Nc2nc(CSc3nc(N)c(C#N)c(-c4ccc(C)cc4)c3C#N)cs2)c1. The Hall–Kier alpha value is -4.13. The monoisotopic (exact) mass is 574 g/mol. The Morgan fingerprint density at radius 2 is 1.85 bits per heavy atom. The molecule has 4 aromatic rings. The molecule has 0 aliphatic carbocycles. The fourth-order valence-corrected chi connectivity index (χ4v) is 5.16. The van der Waals surface area contributed by atoms with E-state index in [0.717, 1.165) is 33.4 Å². The van der Waals surface area contributed by atoms with E-state index >= 15 is 0 Å². The zero-order valence-electron chi connectivity index (χ0n) is 22.4. The summed E-state index contributed by atoms with van der Waals surface area (Å²) in [5.41, 5.74) is 10.7. The summed E-state index contributed by atoms with van der Waals surface area (Å²) < 4.78 is 5.26. The molecular formula is C29H30N6O3S2. The summed E-state index contributed by atoms with van der Waals surface area (Å²) in [5.74, 6) is 1.37. The van der Waals surface area contributed by atoms with Gasteiger partial charge in [-0.2, -0.15) is 10.5 Å². The second kappa shape index (κ2) is 14.9. The summed E-state index contributed by atoms with van der Waals surface area (Å²) in [4.78, 5) is 9.00. The van der Waals surface area contributed by atoms with Crippen molar-refractivity contribution in [2.45, 2.75) is 37.2 Å². The number of benzene rings is 2. The minimum atomic E-state index is -0.509. The molecule has 1 unspecified atom stereocenters. The van der Waals surface area contributed by atoms with Gasteiger partial charge in [0.05, 0.1) is 31.1 Å². The molecule has 0 radical (unpaired) electrons. The molecule has 2 aromatic heterocycles. The van der Waals surface area contributed by atoms with Gasteiger partial charge < -0.3 is 26.0 Å². The maximum absolute atomic E-state index is 9.95. The number of ether oxygens (including phenoxy) is 1. The highest BCUT2D eigenvalue weighted by molar-refractivity contribution is 7.98. The molecule has 0 aliphatic heterocycles. The van der Waals surface area contributed by atoms with Crippen molar-refractivity contribution < 1.29 is 14.9 Å². The summed E-state index contributed by atoms with van der Waals surface area (Å²) in [6.07, 6.45) is 0.126. The van der Waals surface area contributed by atoms with E-state index in [0.29, 0.717) is 28.3 Å². The number of thioether (sulfide) groups is 1. The molecule has 0 fully saturated rings. The number of thiazole rings is 1. The van der Waals surface area contributed by atoms with Gasteiger partial charge in [0, 0.05) is 28.5 Å². The minimum absolute atomic E-state index is 0.109. The standard InChI is InChI=1S/C25H20N6OS2.C4H10O2/c1-15-6-8-16(9-7-15)22-20(11-26)23(28)31-24(21(22)12-27)33-13-18-14-34-25(30-18)29-17-4-3-5-19(10-17)32-2;1-2-4(6)3-5/h3-10,14H,13H2,1-2H3,(H2,28,31)(H,29,30);4-6H,2-3H2,1H3. The second-order valence-electron chi connectivity index (χ2n) is 8.55. The first-order valence-corrected chi connectivity index (χ1v) is 14.2. The molecular weight excluding hydrogens is 544 g/mol. The number of pyridine rings is 1. The summed E-state index contributed by atoms with van der Waals surface area (Å²) in [5, 5.41) is 42.6. The topological polar surface area (TPSA) is 161 Å². The van der Waals surface area contributed by atoms with Crippen LogP contribution in [0.2, 0.25) is 0 Å². The van der Waals surface area contributed by atoms with Crippen molar-refractivity contribution in [1.82, 2.24) is 9.97 Å². The van der Waals surface area contributed by atoms with Crippen LogP contribution >= 0.6 is 23.1 Å². The highest BCUT2D eigenvalue weighted by Crippen LogP contribution is 2.37. The van der Waals surface area contributed by atoms with Gasteiger partial charge in [0.1, 0.15) is 34.3 Å². The number of rotatable bonds is 9. The fraction of sp³-hybridized carbons (Fsp3) is 0.241. The van der Waals surface area contributed by atoms with Gasteiger partial charge in [-0.1, -0.05) is 54.6 Å². The van der Waals surface area contributed by atoms with E-state index in [-0.39, 0.29) is 18.0 Å². The van der Waals surface area contributed by atoms with Gasteiger partial charge in [0.25, 0.3) is 0 Å².